The number of methoxy groups -OCH3 is 1. The van der Waals surface area contributed by atoms with Crippen LogP contribution in [0.15, 0.2) is 0 Å². The lowest BCUT2D eigenvalue weighted by Crippen LogP contribution is -2.49. The van der Waals surface area contributed by atoms with Crippen LogP contribution in [-0.4, -0.2) is 50.3 Å². The summed E-state index contributed by atoms with van der Waals surface area (Å²) in [5.41, 5.74) is 0. The minimum atomic E-state index is 0.685. The fourth-order valence-corrected chi connectivity index (χ4v) is 2.83. The maximum atomic E-state index is 5.28. The SMILES string of the molecule is COCC1CCCN1C1CCCNC1. The van der Waals surface area contributed by atoms with Crippen molar-refractivity contribution in [2.24, 2.45) is 0 Å². The minimum absolute atomic E-state index is 0.685. The van der Waals surface area contributed by atoms with E-state index < -0.39 is 0 Å². The van der Waals surface area contributed by atoms with E-state index in [4.69, 9.17) is 4.74 Å². The van der Waals surface area contributed by atoms with Crippen LogP contribution in [0.1, 0.15) is 25.7 Å². The Morgan fingerprint density at radius 1 is 1.36 bits per heavy atom. The molecule has 2 fully saturated rings. The van der Waals surface area contributed by atoms with Crippen molar-refractivity contribution in [3.05, 3.63) is 0 Å². The van der Waals surface area contributed by atoms with Crippen molar-refractivity contribution in [1.29, 1.82) is 0 Å². The molecule has 2 rings (SSSR count). The molecule has 2 atom stereocenters. The predicted molar refractivity (Wildman–Crippen MR) is 57.5 cm³/mol. The lowest BCUT2D eigenvalue weighted by molar-refractivity contribution is 0.0795. The first-order valence-electron chi connectivity index (χ1n) is 5.87. The molecule has 0 bridgehead atoms. The molecule has 2 saturated heterocycles. The average Bonchev–Trinajstić information content (AvgIpc) is 2.68. The van der Waals surface area contributed by atoms with Gasteiger partial charge in [0.2, 0.25) is 0 Å². The molecule has 82 valence electrons. The van der Waals surface area contributed by atoms with Gasteiger partial charge in [-0.3, -0.25) is 4.90 Å². The first-order valence-corrected chi connectivity index (χ1v) is 5.87. The van der Waals surface area contributed by atoms with Crippen LogP contribution in [0.3, 0.4) is 0 Å². The quantitative estimate of drug-likeness (QED) is 0.727. The number of rotatable bonds is 3. The molecule has 0 aliphatic carbocycles. The van der Waals surface area contributed by atoms with Gasteiger partial charge in [0.1, 0.15) is 0 Å². The summed E-state index contributed by atoms with van der Waals surface area (Å²) >= 11 is 0. The Bertz CT molecular complexity index is 169. The van der Waals surface area contributed by atoms with Gasteiger partial charge in [0, 0.05) is 25.7 Å². The Morgan fingerprint density at radius 3 is 3.00 bits per heavy atom. The summed E-state index contributed by atoms with van der Waals surface area (Å²) in [7, 11) is 1.82. The van der Waals surface area contributed by atoms with E-state index in [1.807, 2.05) is 7.11 Å². The molecule has 3 heteroatoms. The normalized spacial score (nSPS) is 34.9. The van der Waals surface area contributed by atoms with E-state index in [9.17, 15) is 0 Å². The van der Waals surface area contributed by atoms with E-state index in [2.05, 4.69) is 10.2 Å². The Kier molecular flexibility index (Phi) is 3.79. The van der Waals surface area contributed by atoms with E-state index in [-0.39, 0.29) is 0 Å². The molecule has 0 amide bonds. The van der Waals surface area contributed by atoms with Gasteiger partial charge in [0.25, 0.3) is 0 Å². The van der Waals surface area contributed by atoms with Gasteiger partial charge in [0.15, 0.2) is 0 Å². The first-order chi connectivity index (χ1) is 6.92. The fraction of sp³-hybridized carbons (Fsp3) is 1.00. The smallest absolute Gasteiger partial charge is 0.0618 e. The highest BCUT2D eigenvalue weighted by Crippen LogP contribution is 2.23. The number of nitrogens with zero attached hydrogens (tertiary/aromatic N) is 1. The van der Waals surface area contributed by atoms with Crippen LogP contribution in [-0.2, 0) is 4.74 Å². The van der Waals surface area contributed by atoms with Gasteiger partial charge in [0.05, 0.1) is 6.61 Å². The lowest BCUT2D eigenvalue weighted by atomic mass is 10.1. The van der Waals surface area contributed by atoms with Crippen molar-refractivity contribution in [3.63, 3.8) is 0 Å². The summed E-state index contributed by atoms with van der Waals surface area (Å²) in [5.74, 6) is 0. The molecule has 0 aromatic heterocycles. The largest absolute Gasteiger partial charge is 0.383 e. The predicted octanol–water partition coefficient (Wildman–Crippen LogP) is 0.849. The fourth-order valence-electron chi connectivity index (χ4n) is 2.83. The first kappa shape index (κ1) is 10.4. The van der Waals surface area contributed by atoms with Gasteiger partial charge < -0.3 is 10.1 Å². The van der Waals surface area contributed by atoms with E-state index in [1.165, 1.54) is 45.3 Å². The van der Waals surface area contributed by atoms with Gasteiger partial charge in [-0.15, -0.1) is 0 Å². The van der Waals surface area contributed by atoms with Gasteiger partial charge in [-0.25, -0.2) is 0 Å². The molecular weight excluding hydrogens is 176 g/mol. The zero-order chi connectivity index (χ0) is 9.80. The van der Waals surface area contributed by atoms with E-state index >= 15 is 0 Å². The molecule has 2 aliphatic heterocycles. The van der Waals surface area contributed by atoms with Crippen molar-refractivity contribution >= 4 is 0 Å². The summed E-state index contributed by atoms with van der Waals surface area (Å²) in [5, 5.41) is 3.49. The van der Waals surface area contributed by atoms with E-state index in [0.29, 0.717) is 6.04 Å². The summed E-state index contributed by atoms with van der Waals surface area (Å²) in [6, 6.07) is 1.45. The number of piperidine rings is 1. The van der Waals surface area contributed by atoms with Crippen LogP contribution in [0.5, 0.6) is 0 Å². The maximum absolute atomic E-state index is 5.28. The third-order valence-corrected chi connectivity index (χ3v) is 3.52. The molecule has 0 saturated carbocycles. The monoisotopic (exact) mass is 198 g/mol. The second-order valence-electron chi connectivity index (χ2n) is 4.49. The van der Waals surface area contributed by atoms with Crippen LogP contribution in [0.4, 0.5) is 0 Å². The molecule has 3 nitrogen and oxygen atoms in total. The second kappa shape index (κ2) is 5.10. The summed E-state index contributed by atoms with van der Waals surface area (Å²) in [4.78, 5) is 2.66. The Labute approximate surface area is 86.8 Å². The van der Waals surface area contributed by atoms with Crippen molar-refractivity contribution in [1.82, 2.24) is 10.2 Å². The Morgan fingerprint density at radius 2 is 2.29 bits per heavy atom. The highest BCUT2D eigenvalue weighted by molar-refractivity contribution is 4.87. The lowest BCUT2D eigenvalue weighted by Gasteiger charge is -2.35. The molecule has 0 spiro atoms. The average molecular weight is 198 g/mol. The summed E-state index contributed by atoms with van der Waals surface area (Å²) in [6.07, 6.45) is 5.38. The number of likely N-dealkylation sites (tertiary alicyclic amines) is 1. The summed E-state index contributed by atoms with van der Waals surface area (Å²) < 4.78 is 5.28. The number of hydrogen-bond acceptors (Lipinski definition) is 3. The van der Waals surface area contributed by atoms with Crippen LogP contribution in [0.2, 0.25) is 0 Å². The van der Waals surface area contributed by atoms with Gasteiger partial charge in [-0.1, -0.05) is 0 Å². The zero-order valence-electron chi connectivity index (χ0n) is 9.17. The minimum Gasteiger partial charge on any atom is -0.383 e. The molecule has 2 heterocycles. The van der Waals surface area contributed by atoms with E-state index in [0.717, 1.165) is 12.6 Å². The van der Waals surface area contributed by atoms with Crippen LogP contribution in [0.25, 0.3) is 0 Å². The zero-order valence-corrected chi connectivity index (χ0v) is 9.17. The van der Waals surface area contributed by atoms with E-state index in [1.54, 1.807) is 0 Å². The molecule has 0 aromatic rings. The van der Waals surface area contributed by atoms with Crippen molar-refractivity contribution in [3.8, 4) is 0 Å². The number of hydrogen-bond donors (Lipinski definition) is 1. The molecule has 0 radical (unpaired) electrons. The third kappa shape index (κ3) is 2.27. The van der Waals surface area contributed by atoms with Crippen molar-refractivity contribution in [2.75, 3.05) is 33.4 Å². The number of nitrogens with one attached hydrogen (secondary N) is 1. The standard InChI is InChI=1S/C11H22N2O/c1-14-9-11-5-3-7-13(11)10-4-2-6-12-8-10/h10-12H,2-9H2,1H3. The maximum Gasteiger partial charge on any atom is 0.0618 e. The third-order valence-electron chi connectivity index (χ3n) is 3.52. The summed E-state index contributed by atoms with van der Waals surface area (Å²) in [6.45, 7) is 4.58. The van der Waals surface area contributed by atoms with Crippen LogP contribution < -0.4 is 5.32 Å². The highest BCUT2D eigenvalue weighted by atomic mass is 16.5. The molecule has 14 heavy (non-hydrogen) atoms. The Hall–Kier alpha value is -0.120. The second-order valence-corrected chi connectivity index (χ2v) is 4.49. The molecular formula is C11H22N2O. The molecule has 2 unspecified atom stereocenters. The molecule has 0 aromatic carbocycles. The van der Waals surface area contributed by atoms with Crippen LogP contribution in [0, 0.1) is 0 Å². The molecule has 1 N–H and O–H groups in total. The van der Waals surface area contributed by atoms with Crippen molar-refractivity contribution < 1.29 is 4.74 Å². The van der Waals surface area contributed by atoms with Crippen molar-refractivity contribution in [2.45, 2.75) is 37.8 Å². The Balaban J connectivity index is 1.87. The highest BCUT2D eigenvalue weighted by Gasteiger charge is 2.30. The molecule has 2 aliphatic rings. The number of ether oxygens (including phenoxy) is 1. The van der Waals surface area contributed by atoms with Gasteiger partial charge in [-0.05, 0) is 38.8 Å². The van der Waals surface area contributed by atoms with Crippen LogP contribution >= 0.6 is 0 Å². The topological polar surface area (TPSA) is 24.5 Å². The van der Waals surface area contributed by atoms with Gasteiger partial charge >= 0.3 is 0 Å². The van der Waals surface area contributed by atoms with Gasteiger partial charge in [-0.2, -0.15) is 0 Å².